The summed E-state index contributed by atoms with van der Waals surface area (Å²) in [5.74, 6) is 0.790. The minimum atomic E-state index is -0.327. The molecule has 1 fully saturated rings. The van der Waals surface area contributed by atoms with Gasteiger partial charge in [-0.1, -0.05) is 12.5 Å². The maximum Gasteiger partial charge on any atom is 0.220 e. The van der Waals surface area contributed by atoms with Gasteiger partial charge in [-0.15, -0.1) is 0 Å². The Kier molecular flexibility index (Phi) is 2.71. The van der Waals surface area contributed by atoms with E-state index in [4.69, 9.17) is 16.5 Å². The molecule has 21 heavy (non-hydrogen) atoms. The fourth-order valence-corrected chi connectivity index (χ4v) is 3.82. The minimum Gasteiger partial charge on any atom is -0.369 e. The van der Waals surface area contributed by atoms with Crippen LogP contribution < -0.4 is 16.4 Å². The molecule has 3 aliphatic rings. The molecule has 0 atom stereocenters. The van der Waals surface area contributed by atoms with Crippen molar-refractivity contribution in [3.63, 3.8) is 0 Å². The van der Waals surface area contributed by atoms with Gasteiger partial charge in [0.25, 0.3) is 0 Å². The molecule has 110 valence electrons. The number of guanidine groups is 2. The van der Waals surface area contributed by atoms with Crippen molar-refractivity contribution in [1.29, 1.82) is 0 Å². The lowest BCUT2D eigenvalue weighted by Crippen LogP contribution is -2.58. The number of fused-ring (bicyclic) bond motifs is 1. The Morgan fingerprint density at radius 1 is 1.00 bits per heavy atom. The van der Waals surface area contributed by atoms with Crippen LogP contribution in [-0.4, -0.2) is 17.6 Å². The van der Waals surface area contributed by atoms with Crippen LogP contribution in [0.1, 0.15) is 43.2 Å². The van der Waals surface area contributed by atoms with Crippen LogP contribution in [0, 0.1) is 0 Å². The highest BCUT2D eigenvalue weighted by Crippen LogP contribution is 2.40. The maximum absolute atomic E-state index is 6.23. The number of anilines is 1. The van der Waals surface area contributed by atoms with Crippen molar-refractivity contribution in [3.8, 4) is 0 Å². The summed E-state index contributed by atoms with van der Waals surface area (Å²) in [5, 5.41) is 0. The summed E-state index contributed by atoms with van der Waals surface area (Å²) in [5.41, 5.74) is 15.8. The van der Waals surface area contributed by atoms with E-state index in [1.807, 2.05) is 0 Å². The van der Waals surface area contributed by atoms with Crippen LogP contribution >= 0.6 is 0 Å². The quantitative estimate of drug-likeness (QED) is 0.826. The Balaban J connectivity index is 1.79. The van der Waals surface area contributed by atoms with Crippen LogP contribution in [0.4, 0.5) is 5.69 Å². The molecule has 0 unspecified atom stereocenters. The predicted octanol–water partition coefficient (Wildman–Crippen LogP) is 1.89. The lowest BCUT2D eigenvalue weighted by atomic mass is 9.85. The number of hydrogen-bond acceptors (Lipinski definition) is 5. The average Bonchev–Trinajstić information content (AvgIpc) is 2.41. The lowest BCUT2D eigenvalue weighted by molar-refractivity contribution is 0.305. The second-order valence-electron chi connectivity index (χ2n) is 6.27. The number of rotatable bonds is 1. The Bertz CT molecular complexity index is 640. The van der Waals surface area contributed by atoms with Crippen molar-refractivity contribution in [2.24, 2.45) is 21.5 Å². The summed E-state index contributed by atoms with van der Waals surface area (Å²) in [7, 11) is 0. The summed E-state index contributed by atoms with van der Waals surface area (Å²) in [4.78, 5) is 11.0. The Hall–Kier alpha value is -2.04. The molecule has 0 aromatic heterocycles. The van der Waals surface area contributed by atoms with Crippen LogP contribution in [0.15, 0.2) is 28.2 Å². The number of nitrogens with two attached hydrogens (primary N) is 2. The molecule has 5 heteroatoms. The minimum absolute atomic E-state index is 0.314. The molecular weight excluding hydrogens is 262 g/mol. The third-order valence-electron chi connectivity index (χ3n) is 4.96. The molecule has 1 heterocycles. The first-order chi connectivity index (χ1) is 10.2. The van der Waals surface area contributed by atoms with E-state index in [0.29, 0.717) is 11.9 Å². The zero-order chi connectivity index (χ0) is 14.4. The molecule has 0 saturated heterocycles. The van der Waals surface area contributed by atoms with Crippen LogP contribution in [-0.2, 0) is 12.8 Å². The van der Waals surface area contributed by atoms with Gasteiger partial charge in [0.2, 0.25) is 11.9 Å². The second kappa shape index (κ2) is 4.48. The van der Waals surface area contributed by atoms with E-state index in [9.17, 15) is 0 Å². The van der Waals surface area contributed by atoms with Gasteiger partial charge in [0.15, 0.2) is 0 Å². The van der Waals surface area contributed by atoms with Crippen molar-refractivity contribution in [3.05, 3.63) is 29.3 Å². The smallest absolute Gasteiger partial charge is 0.220 e. The van der Waals surface area contributed by atoms with Crippen molar-refractivity contribution in [1.82, 2.24) is 0 Å². The van der Waals surface area contributed by atoms with Gasteiger partial charge in [-0.25, -0.2) is 4.99 Å². The molecule has 1 saturated carbocycles. The topological polar surface area (TPSA) is 80.0 Å². The number of aliphatic imine (C=N–C) groups is 2. The van der Waals surface area contributed by atoms with Crippen molar-refractivity contribution in [2.75, 3.05) is 4.90 Å². The first-order valence-corrected chi connectivity index (χ1v) is 7.79. The monoisotopic (exact) mass is 283 g/mol. The van der Waals surface area contributed by atoms with Crippen LogP contribution in [0.2, 0.25) is 0 Å². The SMILES string of the molecule is NC1=NC2(CCCCC2)N(c2ccc3c(c2)CC3)C(N)=N1. The fourth-order valence-electron chi connectivity index (χ4n) is 3.82. The third kappa shape index (κ3) is 1.91. The van der Waals surface area contributed by atoms with Crippen LogP contribution in [0.3, 0.4) is 0 Å². The van der Waals surface area contributed by atoms with E-state index in [2.05, 4.69) is 28.1 Å². The van der Waals surface area contributed by atoms with Gasteiger partial charge in [0.1, 0.15) is 5.66 Å². The summed E-state index contributed by atoms with van der Waals surface area (Å²) >= 11 is 0. The Labute approximate surface area is 124 Å². The Morgan fingerprint density at radius 2 is 1.76 bits per heavy atom. The molecule has 1 aromatic carbocycles. The Morgan fingerprint density at radius 3 is 2.43 bits per heavy atom. The van der Waals surface area contributed by atoms with E-state index in [1.54, 1.807) is 0 Å². The van der Waals surface area contributed by atoms with Gasteiger partial charge in [0, 0.05) is 5.69 Å². The average molecular weight is 283 g/mol. The number of nitrogens with zero attached hydrogens (tertiary/aromatic N) is 3. The molecule has 0 amide bonds. The molecular formula is C16H21N5. The van der Waals surface area contributed by atoms with Gasteiger partial charge in [-0.05, 0) is 61.8 Å². The first kappa shape index (κ1) is 12.7. The van der Waals surface area contributed by atoms with Gasteiger partial charge >= 0.3 is 0 Å². The van der Waals surface area contributed by atoms with E-state index in [1.165, 1.54) is 24.0 Å². The molecule has 5 nitrogen and oxygen atoms in total. The fraction of sp³-hybridized carbons (Fsp3) is 0.500. The highest BCUT2D eigenvalue weighted by atomic mass is 15.4. The molecule has 2 aliphatic carbocycles. The zero-order valence-electron chi connectivity index (χ0n) is 12.2. The van der Waals surface area contributed by atoms with E-state index >= 15 is 0 Å². The molecule has 1 aromatic rings. The molecule has 4 rings (SSSR count). The van der Waals surface area contributed by atoms with Gasteiger partial charge in [0.05, 0.1) is 0 Å². The summed E-state index contributed by atoms with van der Waals surface area (Å²) in [6, 6.07) is 6.60. The molecule has 0 bridgehead atoms. The lowest BCUT2D eigenvalue weighted by Gasteiger charge is -2.46. The maximum atomic E-state index is 6.23. The summed E-state index contributed by atoms with van der Waals surface area (Å²) < 4.78 is 0. The van der Waals surface area contributed by atoms with Crippen molar-refractivity contribution < 1.29 is 0 Å². The molecule has 1 spiro atoms. The van der Waals surface area contributed by atoms with E-state index < -0.39 is 0 Å². The van der Waals surface area contributed by atoms with E-state index in [-0.39, 0.29) is 5.66 Å². The van der Waals surface area contributed by atoms with Crippen LogP contribution in [0.25, 0.3) is 0 Å². The summed E-state index contributed by atoms with van der Waals surface area (Å²) in [6.07, 6.45) is 7.90. The molecule has 4 N–H and O–H groups in total. The van der Waals surface area contributed by atoms with Crippen LogP contribution in [0.5, 0.6) is 0 Å². The van der Waals surface area contributed by atoms with E-state index in [0.717, 1.165) is 37.8 Å². The van der Waals surface area contributed by atoms with Gasteiger partial charge in [-0.2, -0.15) is 4.99 Å². The molecule has 0 radical (unpaired) electrons. The van der Waals surface area contributed by atoms with Crippen molar-refractivity contribution in [2.45, 2.75) is 50.6 Å². The van der Waals surface area contributed by atoms with Gasteiger partial charge < -0.3 is 11.5 Å². The highest BCUT2D eigenvalue weighted by molar-refractivity contribution is 6.05. The standard InChI is InChI=1S/C16H21N5/c17-14-19-15(18)21(16(20-14)8-2-1-3-9-16)13-7-6-11-4-5-12(11)10-13/h6-7,10H,1-5,8-9H2,(H4,17,18,19,20). The zero-order valence-corrected chi connectivity index (χ0v) is 12.2. The second-order valence-corrected chi connectivity index (χ2v) is 6.27. The highest BCUT2D eigenvalue weighted by Gasteiger charge is 2.42. The van der Waals surface area contributed by atoms with Crippen molar-refractivity contribution >= 4 is 17.6 Å². The predicted molar refractivity (Wildman–Crippen MR) is 85.4 cm³/mol. The number of hydrogen-bond donors (Lipinski definition) is 2. The molecule has 1 aliphatic heterocycles. The van der Waals surface area contributed by atoms with Gasteiger partial charge in [-0.3, -0.25) is 4.90 Å². The number of aryl methyl sites for hydroxylation is 2. The normalized spacial score (nSPS) is 23.1. The largest absolute Gasteiger partial charge is 0.369 e. The first-order valence-electron chi connectivity index (χ1n) is 7.79. The third-order valence-corrected chi connectivity index (χ3v) is 4.96. The number of benzene rings is 1. The summed E-state index contributed by atoms with van der Waals surface area (Å²) in [6.45, 7) is 0.